The minimum absolute atomic E-state index is 0.609. The molecule has 3 unspecified atom stereocenters. The van der Waals surface area contributed by atoms with Crippen LogP contribution in [0.4, 0.5) is 0 Å². The lowest BCUT2D eigenvalue weighted by atomic mass is 9.45. The van der Waals surface area contributed by atoms with E-state index in [1.807, 2.05) is 11.8 Å². The first-order chi connectivity index (χ1) is 6.57. The first-order valence-electron chi connectivity index (χ1n) is 5.61. The van der Waals surface area contributed by atoms with Gasteiger partial charge < -0.3 is 0 Å². The Labute approximate surface area is 97.0 Å². The Balaban J connectivity index is 2.18. The molecule has 2 bridgehead atoms. The molecule has 3 saturated carbocycles. The first-order valence-corrected chi connectivity index (χ1v) is 8.23. The molecule has 2 heteroatoms. The Morgan fingerprint density at radius 1 is 1.29 bits per heavy atom. The van der Waals surface area contributed by atoms with E-state index in [1.165, 1.54) is 25.0 Å². The predicted octanol–water partition coefficient (Wildman–Crippen LogP) is 3.91. The summed E-state index contributed by atoms with van der Waals surface area (Å²) >= 11 is 4.19. The van der Waals surface area contributed by atoms with Crippen molar-refractivity contribution in [2.75, 3.05) is 18.3 Å². The third-order valence-electron chi connectivity index (χ3n) is 4.82. The molecule has 0 spiro atoms. The van der Waals surface area contributed by atoms with Crippen molar-refractivity contribution in [3.05, 3.63) is 0 Å². The van der Waals surface area contributed by atoms with Gasteiger partial charge in [-0.05, 0) is 49.0 Å². The summed E-state index contributed by atoms with van der Waals surface area (Å²) in [6.07, 6.45) is 9.04. The van der Waals surface area contributed by atoms with Crippen LogP contribution in [0.3, 0.4) is 0 Å². The van der Waals surface area contributed by atoms with Crippen LogP contribution in [-0.2, 0) is 0 Å². The van der Waals surface area contributed by atoms with Crippen LogP contribution in [-0.4, -0.2) is 23.0 Å². The fourth-order valence-electron chi connectivity index (χ4n) is 3.71. The first kappa shape index (κ1) is 11.2. The maximum atomic E-state index is 2.50. The zero-order valence-corrected chi connectivity index (χ0v) is 11.4. The van der Waals surface area contributed by atoms with E-state index in [0.29, 0.717) is 10.2 Å². The van der Waals surface area contributed by atoms with Gasteiger partial charge in [-0.1, -0.05) is 13.8 Å². The van der Waals surface area contributed by atoms with Crippen molar-refractivity contribution in [2.24, 2.45) is 17.3 Å². The normalized spacial score (nSPS) is 44.6. The van der Waals surface area contributed by atoms with E-state index < -0.39 is 0 Å². The Bertz CT molecular complexity index is 218. The molecule has 0 saturated heterocycles. The molecule has 0 heterocycles. The fourth-order valence-corrected chi connectivity index (χ4v) is 6.38. The van der Waals surface area contributed by atoms with E-state index in [0.717, 1.165) is 11.8 Å². The lowest BCUT2D eigenvalue weighted by Crippen LogP contribution is -2.60. The highest BCUT2D eigenvalue weighted by Crippen LogP contribution is 2.66. The maximum Gasteiger partial charge on any atom is 0.0281 e. The summed E-state index contributed by atoms with van der Waals surface area (Å²) in [5.41, 5.74) is 0.636. The van der Waals surface area contributed by atoms with Crippen LogP contribution in [0.5, 0.6) is 0 Å². The maximum absolute atomic E-state index is 2.50. The predicted molar refractivity (Wildman–Crippen MR) is 69.2 cm³/mol. The van der Waals surface area contributed by atoms with Crippen LogP contribution < -0.4 is 0 Å². The molecule has 3 rings (SSSR count). The lowest BCUT2D eigenvalue weighted by molar-refractivity contribution is -0.0837. The van der Waals surface area contributed by atoms with Gasteiger partial charge in [0.25, 0.3) is 0 Å². The van der Waals surface area contributed by atoms with Crippen molar-refractivity contribution >= 4 is 23.5 Å². The van der Waals surface area contributed by atoms with Crippen molar-refractivity contribution < 1.29 is 0 Å². The lowest BCUT2D eigenvalue weighted by Gasteiger charge is -2.65. The Kier molecular flexibility index (Phi) is 2.90. The second kappa shape index (κ2) is 3.62. The van der Waals surface area contributed by atoms with Crippen LogP contribution in [0.2, 0.25) is 0 Å². The molecule has 0 aromatic carbocycles. The van der Waals surface area contributed by atoms with Crippen LogP contribution >= 0.6 is 23.5 Å². The summed E-state index contributed by atoms with van der Waals surface area (Å²) in [5.74, 6) is 3.38. The minimum atomic E-state index is 0.609. The molecule has 3 aliphatic rings. The van der Waals surface area contributed by atoms with E-state index in [-0.39, 0.29) is 0 Å². The second-order valence-electron chi connectivity index (χ2n) is 5.55. The SMILES string of the molecule is CSCC1(SC)CCC2CC1C2(C)C. The number of rotatable bonds is 3. The number of hydrogen-bond acceptors (Lipinski definition) is 2. The van der Waals surface area contributed by atoms with E-state index in [4.69, 9.17) is 0 Å². The zero-order valence-electron chi connectivity index (χ0n) is 9.80. The van der Waals surface area contributed by atoms with Crippen molar-refractivity contribution in [2.45, 2.75) is 37.9 Å². The van der Waals surface area contributed by atoms with Gasteiger partial charge in [0.15, 0.2) is 0 Å². The van der Waals surface area contributed by atoms with Gasteiger partial charge in [0, 0.05) is 10.5 Å². The van der Waals surface area contributed by atoms with E-state index in [1.54, 1.807) is 0 Å². The van der Waals surface area contributed by atoms with Gasteiger partial charge in [-0.3, -0.25) is 0 Å². The molecule has 14 heavy (non-hydrogen) atoms. The van der Waals surface area contributed by atoms with Crippen molar-refractivity contribution in [1.29, 1.82) is 0 Å². The minimum Gasteiger partial charge on any atom is -0.164 e. The Morgan fingerprint density at radius 3 is 2.43 bits per heavy atom. The summed E-state index contributed by atoms with van der Waals surface area (Å²) in [6, 6.07) is 0. The van der Waals surface area contributed by atoms with Crippen molar-refractivity contribution in [3.8, 4) is 0 Å². The van der Waals surface area contributed by atoms with Gasteiger partial charge in [0.1, 0.15) is 0 Å². The molecule has 0 N–H and O–H groups in total. The smallest absolute Gasteiger partial charge is 0.0281 e. The molecule has 0 amide bonds. The summed E-state index contributed by atoms with van der Waals surface area (Å²) in [6.45, 7) is 4.99. The Hall–Kier alpha value is 0.700. The van der Waals surface area contributed by atoms with Gasteiger partial charge in [-0.25, -0.2) is 0 Å². The quantitative estimate of drug-likeness (QED) is 0.721. The van der Waals surface area contributed by atoms with Crippen LogP contribution in [0.15, 0.2) is 0 Å². The standard InChI is InChI=1S/C12H22S2/c1-11(2)9-5-6-12(14-4,8-13-3)10(11)7-9/h9-10H,5-8H2,1-4H3. The molecule has 3 atom stereocenters. The monoisotopic (exact) mass is 230 g/mol. The van der Waals surface area contributed by atoms with Crippen molar-refractivity contribution in [3.63, 3.8) is 0 Å². The van der Waals surface area contributed by atoms with Crippen LogP contribution in [0.25, 0.3) is 0 Å². The van der Waals surface area contributed by atoms with Gasteiger partial charge in [-0.15, -0.1) is 0 Å². The summed E-state index contributed by atoms with van der Waals surface area (Å²) in [4.78, 5) is 0. The largest absolute Gasteiger partial charge is 0.164 e. The average Bonchev–Trinajstić information content (AvgIpc) is 2.18. The van der Waals surface area contributed by atoms with Gasteiger partial charge >= 0.3 is 0 Å². The third kappa shape index (κ3) is 1.36. The zero-order chi connectivity index (χ0) is 10.4. The number of hydrogen-bond donors (Lipinski definition) is 0. The molecule has 0 radical (unpaired) electrons. The number of fused-ring (bicyclic) bond motifs is 2. The van der Waals surface area contributed by atoms with E-state index in [2.05, 4.69) is 38.1 Å². The molecule has 0 aliphatic heterocycles. The van der Waals surface area contributed by atoms with E-state index >= 15 is 0 Å². The molecule has 0 aromatic heterocycles. The summed E-state index contributed by atoms with van der Waals surface area (Å²) in [5, 5.41) is 0. The highest BCUT2D eigenvalue weighted by atomic mass is 32.2. The molecule has 82 valence electrons. The summed E-state index contributed by atoms with van der Waals surface area (Å²) < 4.78 is 0.609. The Morgan fingerprint density at radius 2 is 2.00 bits per heavy atom. The third-order valence-corrected chi connectivity index (χ3v) is 7.25. The average molecular weight is 230 g/mol. The molecular weight excluding hydrogens is 208 g/mol. The van der Waals surface area contributed by atoms with Crippen LogP contribution in [0.1, 0.15) is 33.1 Å². The molecule has 0 aromatic rings. The second-order valence-corrected chi connectivity index (χ2v) is 7.63. The number of thioether (sulfide) groups is 2. The highest BCUT2D eigenvalue weighted by Gasteiger charge is 2.60. The summed E-state index contributed by atoms with van der Waals surface area (Å²) in [7, 11) is 0. The highest BCUT2D eigenvalue weighted by molar-refractivity contribution is 8.03. The van der Waals surface area contributed by atoms with E-state index in [9.17, 15) is 0 Å². The van der Waals surface area contributed by atoms with Gasteiger partial charge in [0.2, 0.25) is 0 Å². The van der Waals surface area contributed by atoms with Gasteiger partial charge in [0.05, 0.1) is 0 Å². The molecule has 0 nitrogen and oxygen atoms in total. The van der Waals surface area contributed by atoms with Crippen molar-refractivity contribution in [1.82, 2.24) is 0 Å². The molecular formula is C12H22S2. The molecule has 3 fully saturated rings. The fraction of sp³-hybridized carbons (Fsp3) is 1.00. The topological polar surface area (TPSA) is 0 Å². The van der Waals surface area contributed by atoms with Crippen LogP contribution in [0, 0.1) is 17.3 Å². The molecule has 3 aliphatic carbocycles. The van der Waals surface area contributed by atoms with Gasteiger partial charge in [-0.2, -0.15) is 23.5 Å².